The van der Waals surface area contributed by atoms with Gasteiger partial charge in [0.1, 0.15) is 10.7 Å². The van der Waals surface area contributed by atoms with Crippen molar-refractivity contribution in [3.8, 4) is 0 Å². The zero-order chi connectivity index (χ0) is 29.8. The van der Waals surface area contributed by atoms with Gasteiger partial charge in [-0.25, -0.2) is 21.2 Å². The summed E-state index contributed by atoms with van der Waals surface area (Å²) in [5.41, 5.74) is 1.11. The van der Waals surface area contributed by atoms with Crippen LogP contribution in [0.5, 0.6) is 0 Å². The molecule has 2 atom stereocenters. The van der Waals surface area contributed by atoms with E-state index in [1.807, 2.05) is 13.8 Å². The third kappa shape index (κ3) is 5.69. The number of amides is 1. The molecule has 1 fully saturated rings. The number of sulfonamides is 2. The summed E-state index contributed by atoms with van der Waals surface area (Å²) in [5.74, 6) is -3.70. The lowest BCUT2D eigenvalue weighted by Crippen LogP contribution is -2.53. The molecule has 8 nitrogen and oxygen atoms in total. The molecule has 40 heavy (non-hydrogen) atoms. The molecule has 0 aromatic heterocycles. The molecule has 1 aliphatic carbocycles. The van der Waals surface area contributed by atoms with Crippen molar-refractivity contribution in [3.63, 3.8) is 0 Å². The highest BCUT2D eigenvalue weighted by Gasteiger charge is 2.44. The van der Waals surface area contributed by atoms with Crippen LogP contribution in [0.15, 0.2) is 46.2 Å². The summed E-state index contributed by atoms with van der Waals surface area (Å²) in [6.45, 7) is 1.81. The van der Waals surface area contributed by atoms with Crippen LogP contribution in [-0.2, 0) is 24.8 Å². The van der Waals surface area contributed by atoms with E-state index in [9.17, 15) is 34.8 Å². The highest BCUT2D eigenvalue weighted by Crippen LogP contribution is 2.46. The molecule has 1 amide bonds. The molecule has 0 bridgehead atoms. The van der Waals surface area contributed by atoms with E-state index in [0.717, 1.165) is 16.4 Å². The van der Waals surface area contributed by atoms with Gasteiger partial charge in [0, 0.05) is 41.8 Å². The number of anilines is 1. The monoisotopic (exact) mass is 643 g/mol. The van der Waals surface area contributed by atoms with Gasteiger partial charge in [-0.1, -0.05) is 43.1 Å². The molecule has 218 valence electrons. The van der Waals surface area contributed by atoms with Gasteiger partial charge in [0.05, 0.1) is 10.6 Å². The van der Waals surface area contributed by atoms with Crippen LogP contribution in [0.3, 0.4) is 0 Å². The standard InChI is InChI=1S/C24H23Cl2F4N3O5S2/c1-13-11-17(26)22-16(25)4-5-19(21(22)14(13)2)31-39(35,36)20-6-3-15(12-18(20)27)40(37,38)33-9-7-32(8-10-33)23(34)24(28,29)30/h3-6,11-14,31H,7-10H2,1-2H3. The number of nitrogens with one attached hydrogen (secondary N) is 1. The Hall–Kier alpha value is -2.39. The van der Waals surface area contributed by atoms with Crippen molar-refractivity contribution in [3.05, 3.63) is 58.4 Å². The topological polar surface area (TPSA) is 104 Å². The number of halogens is 6. The first-order valence-corrected chi connectivity index (χ1v) is 15.5. The number of allylic oxidation sites excluding steroid dienone is 1. The number of benzene rings is 2. The predicted octanol–water partition coefficient (Wildman–Crippen LogP) is 5.01. The Morgan fingerprint density at radius 3 is 2.20 bits per heavy atom. The molecule has 2 unspecified atom stereocenters. The molecule has 2 aromatic carbocycles. The Labute approximate surface area is 238 Å². The Bertz CT molecular complexity index is 1610. The first-order chi connectivity index (χ1) is 18.4. The minimum atomic E-state index is -5.09. The van der Waals surface area contributed by atoms with E-state index in [2.05, 4.69) is 4.72 Å². The molecule has 1 heterocycles. The van der Waals surface area contributed by atoms with Gasteiger partial charge in [0.15, 0.2) is 0 Å². The van der Waals surface area contributed by atoms with Crippen LogP contribution >= 0.6 is 23.2 Å². The molecule has 0 spiro atoms. The van der Waals surface area contributed by atoms with Gasteiger partial charge in [0.25, 0.3) is 10.0 Å². The summed E-state index contributed by atoms with van der Waals surface area (Å²) < 4.78 is 109. The van der Waals surface area contributed by atoms with Crippen molar-refractivity contribution in [2.75, 3.05) is 30.9 Å². The fraction of sp³-hybridized carbons (Fsp3) is 0.375. The lowest BCUT2D eigenvalue weighted by atomic mass is 9.80. The third-order valence-electron chi connectivity index (χ3n) is 6.93. The van der Waals surface area contributed by atoms with Crippen LogP contribution in [0.1, 0.15) is 30.9 Å². The molecule has 1 N–H and O–H groups in total. The summed E-state index contributed by atoms with van der Waals surface area (Å²) in [7, 11) is -8.96. The van der Waals surface area contributed by atoms with E-state index < -0.39 is 73.9 Å². The highest BCUT2D eigenvalue weighted by atomic mass is 35.5. The second-order valence-electron chi connectivity index (χ2n) is 9.44. The second-order valence-corrected chi connectivity index (χ2v) is 13.8. The fourth-order valence-electron chi connectivity index (χ4n) is 4.64. The number of hydrogen-bond donors (Lipinski definition) is 1. The van der Waals surface area contributed by atoms with Crippen LogP contribution in [0.2, 0.25) is 5.02 Å². The van der Waals surface area contributed by atoms with Crippen molar-refractivity contribution >= 4 is 59.9 Å². The molecule has 1 saturated heterocycles. The number of hydrogen-bond acceptors (Lipinski definition) is 5. The van der Waals surface area contributed by atoms with Crippen molar-refractivity contribution in [1.82, 2.24) is 9.21 Å². The summed E-state index contributed by atoms with van der Waals surface area (Å²) >= 11 is 12.7. The minimum absolute atomic E-state index is 0.0589. The molecule has 2 aliphatic rings. The first-order valence-electron chi connectivity index (χ1n) is 11.8. The van der Waals surface area contributed by atoms with Crippen LogP contribution in [0.4, 0.5) is 23.2 Å². The normalized spacial score (nSPS) is 20.6. The van der Waals surface area contributed by atoms with Gasteiger partial charge in [0.2, 0.25) is 10.0 Å². The average molecular weight is 644 g/mol. The SMILES string of the molecule is CC1C=C(Cl)c2c(Cl)ccc(NS(=O)(=O)c3ccc(S(=O)(=O)N4CCN(C(=O)C(F)(F)F)CC4)cc3F)c2C1C. The Morgan fingerprint density at radius 1 is 1.00 bits per heavy atom. The number of nitrogens with zero attached hydrogens (tertiary/aromatic N) is 2. The van der Waals surface area contributed by atoms with E-state index in [0.29, 0.717) is 32.1 Å². The predicted molar refractivity (Wildman–Crippen MR) is 141 cm³/mol. The molecule has 4 rings (SSSR count). The fourth-order valence-corrected chi connectivity index (χ4v) is 7.93. The van der Waals surface area contributed by atoms with Crippen molar-refractivity contribution < 1.29 is 39.2 Å². The zero-order valence-corrected chi connectivity index (χ0v) is 24.1. The average Bonchev–Trinajstić information content (AvgIpc) is 2.87. The zero-order valence-electron chi connectivity index (χ0n) is 21.0. The van der Waals surface area contributed by atoms with E-state index in [-0.39, 0.29) is 17.5 Å². The number of carbonyl (C=O) groups excluding carboxylic acids is 1. The Balaban J connectivity index is 1.58. The second kappa shape index (κ2) is 10.8. The van der Waals surface area contributed by atoms with E-state index in [1.165, 1.54) is 12.1 Å². The smallest absolute Gasteiger partial charge is 0.332 e. The van der Waals surface area contributed by atoms with E-state index in [1.54, 1.807) is 6.08 Å². The summed E-state index contributed by atoms with van der Waals surface area (Å²) in [4.78, 5) is 10.5. The first kappa shape index (κ1) is 30.6. The van der Waals surface area contributed by atoms with Crippen LogP contribution in [0, 0.1) is 11.7 Å². The lowest BCUT2D eigenvalue weighted by Gasteiger charge is -2.34. The maximum atomic E-state index is 15.1. The number of rotatable bonds is 5. The van der Waals surface area contributed by atoms with Crippen molar-refractivity contribution in [2.45, 2.75) is 35.7 Å². The largest absolute Gasteiger partial charge is 0.471 e. The third-order valence-corrected chi connectivity index (χ3v) is 10.9. The van der Waals surface area contributed by atoms with E-state index >= 15 is 4.39 Å². The van der Waals surface area contributed by atoms with Gasteiger partial charge in [-0.2, -0.15) is 17.5 Å². The molecule has 16 heteroatoms. The maximum Gasteiger partial charge on any atom is 0.471 e. The molecule has 0 radical (unpaired) electrons. The van der Waals surface area contributed by atoms with Gasteiger partial charge in [-0.05, 0) is 47.7 Å². The molecular formula is C24H23Cl2F4N3O5S2. The van der Waals surface area contributed by atoms with Gasteiger partial charge < -0.3 is 4.90 Å². The number of fused-ring (bicyclic) bond motifs is 1. The van der Waals surface area contributed by atoms with Crippen LogP contribution in [0.25, 0.3) is 5.03 Å². The number of alkyl halides is 3. The quantitative estimate of drug-likeness (QED) is 0.462. The summed E-state index contributed by atoms with van der Waals surface area (Å²) in [5, 5.41) is 0.651. The van der Waals surface area contributed by atoms with Gasteiger partial charge >= 0.3 is 12.1 Å². The lowest BCUT2D eigenvalue weighted by molar-refractivity contribution is -0.186. The van der Waals surface area contributed by atoms with E-state index in [4.69, 9.17) is 23.2 Å². The molecule has 1 aliphatic heterocycles. The summed E-state index contributed by atoms with van der Waals surface area (Å²) in [6.07, 6.45) is -3.30. The van der Waals surface area contributed by atoms with Crippen LogP contribution in [-0.4, -0.2) is 64.3 Å². The molecule has 2 aromatic rings. The highest BCUT2D eigenvalue weighted by molar-refractivity contribution is 7.92. The number of carbonyl (C=O) groups is 1. The molecular weight excluding hydrogens is 621 g/mol. The van der Waals surface area contributed by atoms with Gasteiger partial charge in [-0.3, -0.25) is 9.52 Å². The van der Waals surface area contributed by atoms with Crippen molar-refractivity contribution in [2.24, 2.45) is 5.92 Å². The minimum Gasteiger partial charge on any atom is -0.332 e. The summed E-state index contributed by atoms with van der Waals surface area (Å²) in [6, 6.07) is 5.08. The Morgan fingerprint density at radius 2 is 1.62 bits per heavy atom. The Kier molecular flexibility index (Phi) is 8.24. The molecule has 0 saturated carbocycles. The maximum absolute atomic E-state index is 15.1. The van der Waals surface area contributed by atoms with Crippen molar-refractivity contribution in [1.29, 1.82) is 0 Å². The van der Waals surface area contributed by atoms with Gasteiger partial charge in [-0.15, -0.1) is 0 Å². The number of piperazine rings is 1. The van der Waals surface area contributed by atoms with Crippen LogP contribution < -0.4 is 4.72 Å².